The van der Waals surface area contributed by atoms with E-state index in [1.807, 2.05) is 0 Å². The van der Waals surface area contributed by atoms with Gasteiger partial charge in [-0.25, -0.2) is 8.42 Å². The third-order valence-electron chi connectivity index (χ3n) is 2.93. The number of hydrogen-bond donors (Lipinski definition) is 1. The molecule has 1 aromatic rings. The molecular weight excluding hydrogens is 312 g/mol. The van der Waals surface area contributed by atoms with Gasteiger partial charge in [0.25, 0.3) is 10.0 Å². The van der Waals surface area contributed by atoms with Crippen molar-refractivity contribution in [2.75, 3.05) is 6.54 Å². The minimum Gasteiger partial charge on any atom is -0.392 e. The lowest BCUT2D eigenvalue weighted by Gasteiger charge is -2.22. The summed E-state index contributed by atoms with van der Waals surface area (Å²) >= 11 is 11.9. The molecule has 2 heterocycles. The van der Waals surface area contributed by atoms with E-state index in [2.05, 4.69) is 0 Å². The number of sulfonamides is 1. The van der Waals surface area contributed by atoms with Crippen LogP contribution in [0.2, 0.25) is 4.34 Å². The third kappa shape index (κ3) is 2.42. The van der Waals surface area contributed by atoms with Crippen molar-refractivity contribution in [3.05, 3.63) is 16.0 Å². The second kappa shape index (κ2) is 5.05. The average molecular weight is 325 g/mol. The summed E-state index contributed by atoms with van der Waals surface area (Å²) in [7, 11) is -3.53. The Kier molecular flexibility index (Phi) is 3.99. The van der Waals surface area contributed by atoms with Crippen molar-refractivity contribution in [1.82, 2.24) is 4.31 Å². The molecule has 18 heavy (non-hydrogen) atoms. The first kappa shape index (κ1) is 14.2. The van der Waals surface area contributed by atoms with E-state index in [1.54, 1.807) is 13.0 Å². The zero-order chi connectivity index (χ0) is 13.5. The van der Waals surface area contributed by atoms with Gasteiger partial charge in [0.15, 0.2) is 0 Å². The number of halogens is 1. The maximum absolute atomic E-state index is 12.5. The Hall–Kier alpha value is -0.210. The van der Waals surface area contributed by atoms with Gasteiger partial charge < -0.3 is 5.73 Å². The van der Waals surface area contributed by atoms with Crippen molar-refractivity contribution in [2.45, 2.75) is 30.0 Å². The van der Waals surface area contributed by atoms with Gasteiger partial charge in [0, 0.05) is 6.54 Å². The summed E-state index contributed by atoms with van der Waals surface area (Å²) in [5.41, 5.74) is 6.37. The molecule has 0 radical (unpaired) electrons. The molecule has 1 atom stereocenters. The minimum atomic E-state index is -3.53. The monoisotopic (exact) mass is 324 g/mol. The molecule has 1 aliphatic heterocycles. The molecule has 2 rings (SSSR count). The van der Waals surface area contributed by atoms with Gasteiger partial charge in [0.05, 0.1) is 15.4 Å². The number of thiocarbonyl (C=S) groups is 1. The van der Waals surface area contributed by atoms with Crippen molar-refractivity contribution >= 4 is 50.2 Å². The Morgan fingerprint density at radius 1 is 1.67 bits per heavy atom. The Bertz CT molecular complexity index is 562. The van der Waals surface area contributed by atoms with Crippen LogP contribution in [0.4, 0.5) is 0 Å². The summed E-state index contributed by atoms with van der Waals surface area (Å²) in [4.78, 5) is 0.232. The molecule has 1 aromatic heterocycles. The summed E-state index contributed by atoms with van der Waals surface area (Å²) in [6.07, 6.45) is 1.46. The highest BCUT2D eigenvalue weighted by Crippen LogP contribution is 2.34. The molecule has 1 aliphatic rings. The van der Waals surface area contributed by atoms with Gasteiger partial charge in [-0.3, -0.25) is 0 Å². The molecule has 100 valence electrons. The van der Waals surface area contributed by atoms with Crippen LogP contribution < -0.4 is 5.73 Å². The molecule has 0 aromatic carbocycles. The summed E-state index contributed by atoms with van der Waals surface area (Å²) < 4.78 is 27.1. The molecule has 1 saturated heterocycles. The highest BCUT2D eigenvalue weighted by atomic mass is 35.5. The fourth-order valence-electron chi connectivity index (χ4n) is 1.99. The Morgan fingerprint density at radius 2 is 2.33 bits per heavy atom. The highest BCUT2D eigenvalue weighted by Gasteiger charge is 2.37. The second-order valence-corrected chi connectivity index (χ2v) is 8.44. The fourth-order valence-corrected chi connectivity index (χ4v) is 5.81. The summed E-state index contributed by atoms with van der Waals surface area (Å²) in [5.74, 6) is 0. The second-order valence-electron chi connectivity index (χ2n) is 4.20. The van der Waals surface area contributed by atoms with E-state index in [-0.39, 0.29) is 15.2 Å². The van der Waals surface area contributed by atoms with Crippen molar-refractivity contribution in [2.24, 2.45) is 5.73 Å². The van der Waals surface area contributed by atoms with Gasteiger partial charge in [0.1, 0.15) is 4.21 Å². The number of nitrogens with two attached hydrogens (primary N) is 1. The molecular formula is C10H13ClN2O2S3. The Balaban J connectivity index is 2.39. The molecule has 0 spiro atoms. The summed E-state index contributed by atoms with van der Waals surface area (Å²) in [6.45, 7) is 2.24. The maximum Gasteiger partial charge on any atom is 0.253 e. The van der Waals surface area contributed by atoms with Crippen LogP contribution >= 0.6 is 35.2 Å². The van der Waals surface area contributed by atoms with Crippen molar-refractivity contribution in [1.29, 1.82) is 0 Å². The van der Waals surface area contributed by atoms with Gasteiger partial charge in [-0.2, -0.15) is 4.31 Å². The highest BCUT2D eigenvalue weighted by molar-refractivity contribution is 7.91. The summed E-state index contributed by atoms with van der Waals surface area (Å²) in [5, 5.41) is 0. The molecule has 0 amide bonds. The zero-order valence-electron chi connectivity index (χ0n) is 9.72. The predicted molar refractivity (Wildman–Crippen MR) is 77.8 cm³/mol. The van der Waals surface area contributed by atoms with Crippen LogP contribution in [0.5, 0.6) is 0 Å². The Labute approximate surface area is 121 Å². The third-order valence-corrected chi connectivity index (χ3v) is 7.11. The lowest BCUT2D eigenvalue weighted by atomic mass is 10.2. The van der Waals surface area contributed by atoms with Crippen LogP contribution in [-0.2, 0) is 10.0 Å². The SMILES string of the molecule is Cc1cc(S(=O)(=O)N2CCCC2C(N)=S)sc1Cl. The van der Waals surface area contributed by atoms with Crippen molar-refractivity contribution in [3.63, 3.8) is 0 Å². The number of thiophene rings is 1. The average Bonchev–Trinajstić information content (AvgIpc) is 2.87. The van der Waals surface area contributed by atoms with E-state index in [4.69, 9.17) is 29.6 Å². The number of nitrogens with zero attached hydrogens (tertiary/aromatic N) is 1. The quantitative estimate of drug-likeness (QED) is 0.865. The molecule has 0 bridgehead atoms. The van der Waals surface area contributed by atoms with Gasteiger partial charge in [-0.1, -0.05) is 23.8 Å². The number of rotatable bonds is 3. The molecule has 1 unspecified atom stereocenters. The lowest BCUT2D eigenvalue weighted by Crippen LogP contribution is -2.42. The van der Waals surface area contributed by atoms with Crippen LogP contribution in [0.3, 0.4) is 0 Å². The van der Waals surface area contributed by atoms with E-state index in [9.17, 15) is 8.42 Å². The van der Waals surface area contributed by atoms with Gasteiger partial charge in [-0.15, -0.1) is 11.3 Å². The largest absolute Gasteiger partial charge is 0.392 e. The van der Waals surface area contributed by atoms with Crippen LogP contribution in [0.1, 0.15) is 18.4 Å². The first-order valence-corrected chi connectivity index (χ1v) is 8.45. The van der Waals surface area contributed by atoms with E-state index in [0.717, 1.165) is 23.3 Å². The first-order chi connectivity index (χ1) is 8.34. The Morgan fingerprint density at radius 3 is 2.83 bits per heavy atom. The predicted octanol–water partition coefficient (Wildman–Crippen LogP) is 2.15. The lowest BCUT2D eigenvalue weighted by molar-refractivity contribution is 0.448. The molecule has 0 aliphatic carbocycles. The van der Waals surface area contributed by atoms with Crippen molar-refractivity contribution < 1.29 is 8.42 Å². The molecule has 8 heteroatoms. The smallest absolute Gasteiger partial charge is 0.253 e. The van der Waals surface area contributed by atoms with Gasteiger partial charge in [-0.05, 0) is 31.4 Å². The summed E-state index contributed by atoms with van der Waals surface area (Å²) in [6, 6.07) is 1.23. The molecule has 1 fully saturated rings. The van der Waals surface area contributed by atoms with E-state index in [0.29, 0.717) is 17.3 Å². The van der Waals surface area contributed by atoms with E-state index < -0.39 is 10.0 Å². The topological polar surface area (TPSA) is 63.4 Å². The minimum absolute atomic E-state index is 0.232. The van der Waals surface area contributed by atoms with Gasteiger partial charge >= 0.3 is 0 Å². The van der Waals surface area contributed by atoms with E-state index in [1.165, 1.54) is 4.31 Å². The maximum atomic E-state index is 12.5. The van der Waals surface area contributed by atoms with E-state index >= 15 is 0 Å². The normalized spacial score (nSPS) is 21.3. The van der Waals surface area contributed by atoms with Crippen LogP contribution in [0.25, 0.3) is 0 Å². The molecule has 2 N–H and O–H groups in total. The number of hydrogen-bond acceptors (Lipinski definition) is 4. The van der Waals surface area contributed by atoms with Crippen LogP contribution in [0.15, 0.2) is 10.3 Å². The fraction of sp³-hybridized carbons (Fsp3) is 0.500. The number of aryl methyl sites for hydroxylation is 1. The van der Waals surface area contributed by atoms with Crippen molar-refractivity contribution in [3.8, 4) is 0 Å². The standard InChI is InChI=1S/C10H13ClN2O2S3/c1-6-5-8(17-9(6)11)18(14,15)13-4-2-3-7(13)10(12)16/h5,7H,2-4H2,1H3,(H2,12,16). The molecule has 4 nitrogen and oxygen atoms in total. The van der Waals surface area contributed by atoms with Crippen LogP contribution in [-0.4, -0.2) is 30.3 Å². The first-order valence-electron chi connectivity index (χ1n) is 5.41. The van der Waals surface area contributed by atoms with Crippen LogP contribution in [0, 0.1) is 6.92 Å². The van der Waals surface area contributed by atoms with Gasteiger partial charge in [0.2, 0.25) is 0 Å². The molecule has 0 saturated carbocycles. The zero-order valence-corrected chi connectivity index (χ0v) is 12.9.